The van der Waals surface area contributed by atoms with E-state index in [1.165, 1.54) is 0 Å². The van der Waals surface area contributed by atoms with Crippen molar-refractivity contribution in [1.82, 2.24) is 0 Å². The second-order valence-corrected chi connectivity index (χ2v) is 6.03. The van der Waals surface area contributed by atoms with Gasteiger partial charge in [-0.25, -0.2) is 19.8 Å². The van der Waals surface area contributed by atoms with Gasteiger partial charge in [0, 0.05) is 0 Å². The van der Waals surface area contributed by atoms with Crippen LogP contribution in [0.25, 0.3) is 4.85 Å². The fourth-order valence-electron chi connectivity index (χ4n) is 2.97. The molecule has 5 nitrogen and oxygen atoms in total. The molecular formula is C21H11N5. The van der Waals surface area contributed by atoms with E-state index in [-0.39, 0.29) is 0 Å². The van der Waals surface area contributed by atoms with E-state index in [1.54, 1.807) is 6.08 Å². The Morgan fingerprint density at radius 1 is 0.538 bits per heavy atom. The van der Waals surface area contributed by atoms with E-state index in [1.807, 2.05) is 60.8 Å². The predicted octanol–water partition coefficient (Wildman–Crippen LogP) is 3.83. The van der Waals surface area contributed by atoms with Gasteiger partial charge in [-0.3, -0.25) is 4.99 Å². The molecule has 5 heteroatoms. The standard InChI is InChI=1S/C21H11N5/c1-22-20-12-19-10-17-5-4-15(24-17)8-13-2-3-14(23-13)9-16-6-7-18(25-16)11-21(20)26-19/h2-12H. The van der Waals surface area contributed by atoms with Crippen molar-refractivity contribution in [1.29, 1.82) is 0 Å². The molecule has 0 saturated carbocycles. The highest BCUT2D eigenvalue weighted by Gasteiger charge is 2.16. The lowest BCUT2D eigenvalue weighted by molar-refractivity contribution is 1.41. The van der Waals surface area contributed by atoms with Crippen LogP contribution in [0, 0.1) is 6.57 Å². The van der Waals surface area contributed by atoms with Gasteiger partial charge in [0.1, 0.15) is 0 Å². The van der Waals surface area contributed by atoms with E-state index in [2.05, 4.69) is 24.8 Å². The minimum atomic E-state index is 0.509. The lowest BCUT2D eigenvalue weighted by Gasteiger charge is -1.95. The first-order valence-corrected chi connectivity index (χ1v) is 8.10. The summed E-state index contributed by atoms with van der Waals surface area (Å²) in [5, 5.41) is 0. The maximum atomic E-state index is 7.39. The third-order valence-electron chi connectivity index (χ3n) is 4.14. The largest absolute Gasteiger partial charge is 0.262 e. The molecule has 0 spiro atoms. The number of allylic oxidation sites excluding steroid dienone is 11. The van der Waals surface area contributed by atoms with Crippen LogP contribution >= 0.6 is 0 Å². The zero-order chi connectivity index (χ0) is 17.5. The van der Waals surface area contributed by atoms with Gasteiger partial charge >= 0.3 is 0 Å². The summed E-state index contributed by atoms with van der Waals surface area (Å²) in [6, 6.07) is 0. The first-order valence-electron chi connectivity index (χ1n) is 8.10. The van der Waals surface area contributed by atoms with Crippen molar-refractivity contribution in [3.05, 3.63) is 107 Å². The van der Waals surface area contributed by atoms with Crippen molar-refractivity contribution >= 4 is 22.8 Å². The molecule has 5 rings (SSSR count). The van der Waals surface area contributed by atoms with E-state index in [0.717, 1.165) is 34.2 Å². The van der Waals surface area contributed by atoms with E-state index in [0.29, 0.717) is 17.1 Å². The number of aliphatic imine (C=N–C) groups is 4. The smallest absolute Gasteiger partial charge is 0.214 e. The van der Waals surface area contributed by atoms with Crippen molar-refractivity contribution in [3.8, 4) is 0 Å². The highest BCUT2D eigenvalue weighted by Crippen LogP contribution is 2.23. The Kier molecular flexibility index (Phi) is 3.09. The van der Waals surface area contributed by atoms with Gasteiger partial charge in [-0.05, 0) is 66.8 Å². The van der Waals surface area contributed by atoms with Crippen molar-refractivity contribution < 1.29 is 0 Å². The molecule has 0 N–H and O–H groups in total. The van der Waals surface area contributed by atoms with Gasteiger partial charge in [-0.1, -0.05) is 0 Å². The molecule has 120 valence electrons. The molecule has 5 aliphatic heterocycles. The first kappa shape index (κ1) is 14.4. The Bertz CT molecular complexity index is 1160. The summed E-state index contributed by atoms with van der Waals surface area (Å²) >= 11 is 0. The first-order chi connectivity index (χ1) is 12.7. The quantitative estimate of drug-likeness (QED) is 0.605. The third kappa shape index (κ3) is 2.60. The summed E-state index contributed by atoms with van der Waals surface area (Å²) in [5.41, 5.74) is 6.78. The molecule has 8 bridgehead atoms. The Hall–Kier alpha value is -3.91. The molecule has 0 aliphatic carbocycles. The van der Waals surface area contributed by atoms with Crippen LogP contribution in [0.15, 0.2) is 115 Å². The van der Waals surface area contributed by atoms with Gasteiger partial charge in [0.25, 0.3) is 0 Å². The maximum absolute atomic E-state index is 7.39. The van der Waals surface area contributed by atoms with Gasteiger partial charge in [0.2, 0.25) is 5.70 Å². The summed E-state index contributed by atoms with van der Waals surface area (Å²) < 4.78 is 0. The number of hydrogen-bond donors (Lipinski definition) is 0. The lowest BCUT2D eigenvalue weighted by Crippen LogP contribution is -1.92. The van der Waals surface area contributed by atoms with Crippen LogP contribution in [0.3, 0.4) is 0 Å². The molecule has 5 aliphatic rings. The van der Waals surface area contributed by atoms with Crippen LogP contribution in [-0.4, -0.2) is 22.8 Å². The predicted molar refractivity (Wildman–Crippen MR) is 104 cm³/mol. The minimum absolute atomic E-state index is 0.509. The molecule has 26 heavy (non-hydrogen) atoms. The van der Waals surface area contributed by atoms with Gasteiger partial charge in [0.15, 0.2) is 0 Å². The number of hydrogen-bond acceptors (Lipinski definition) is 4. The highest BCUT2D eigenvalue weighted by molar-refractivity contribution is 6.16. The maximum Gasteiger partial charge on any atom is 0.214 e. The van der Waals surface area contributed by atoms with Crippen molar-refractivity contribution in [3.63, 3.8) is 0 Å². The molecule has 0 aromatic rings. The summed E-state index contributed by atoms with van der Waals surface area (Å²) in [4.78, 5) is 21.9. The average Bonchev–Trinajstić information content (AvgIpc) is 3.39. The average molecular weight is 333 g/mol. The van der Waals surface area contributed by atoms with Crippen LogP contribution in [0.4, 0.5) is 0 Å². The normalized spacial score (nSPS) is 21.9. The van der Waals surface area contributed by atoms with E-state index < -0.39 is 0 Å². The number of fused-ring (bicyclic) bond motifs is 4. The van der Waals surface area contributed by atoms with Gasteiger partial charge < -0.3 is 0 Å². The molecule has 0 radical (unpaired) electrons. The molecular weight excluding hydrogens is 322 g/mol. The van der Waals surface area contributed by atoms with Crippen molar-refractivity contribution in [2.24, 2.45) is 20.0 Å². The summed E-state index contributed by atoms with van der Waals surface area (Å²) in [6.45, 7) is 7.39. The van der Waals surface area contributed by atoms with E-state index >= 15 is 0 Å². The molecule has 0 aromatic carbocycles. The van der Waals surface area contributed by atoms with Crippen LogP contribution < -0.4 is 0 Å². The molecule has 0 atom stereocenters. The van der Waals surface area contributed by atoms with Gasteiger partial charge in [0.05, 0.1) is 52.2 Å². The van der Waals surface area contributed by atoms with E-state index in [4.69, 9.17) is 6.57 Å². The zero-order valence-electron chi connectivity index (χ0n) is 13.6. The fraction of sp³-hybridized carbons (Fsp3) is 0. The summed E-state index contributed by atoms with van der Waals surface area (Å²) in [6.07, 6.45) is 21.0. The molecule has 0 fully saturated rings. The SMILES string of the molecule is [C-]#[N+]C1=CC2=CC3=NC(=CC4=NC(=CC5=NC(=CC1=N2)C=C5)C=C4)C=C3. The summed E-state index contributed by atoms with van der Waals surface area (Å²) in [7, 11) is 0. The molecule has 5 heterocycles. The topological polar surface area (TPSA) is 53.8 Å². The van der Waals surface area contributed by atoms with Crippen molar-refractivity contribution in [2.45, 2.75) is 0 Å². The second-order valence-electron chi connectivity index (χ2n) is 6.03. The van der Waals surface area contributed by atoms with Gasteiger partial charge in [-0.15, -0.1) is 0 Å². The zero-order valence-corrected chi connectivity index (χ0v) is 13.6. The Labute approximate surface area is 150 Å². The molecule has 0 unspecified atom stereocenters. The van der Waals surface area contributed by atoms with Crippen LogP contribution in [0.5, 0.6) is 0 Å². The molecule has 0 aromatic heterocycles. The van der Waals surface area contributed by atoms with E-state index in [9.17, 15) is 0 Å². The van der Waals surface area contributed by atoms with Crippen LogP contribution in [0.1, 0.15) is 0 Å². The Morgan fingerprint density at radius 3 is 1.58 bits per heavy atom. The third-order valence-corrected chi connectivity index (χ3v) is 4.14. The molecule has 0 saturated heterocycles. The van der Waals surface area contributed by atoms with Gasteiger partial charge in [-0.2, -0.15) is 0 Å². The second kappa shape index (κ2) is 5.57. The Morgan fingerprint density at radius 2 is 1.04 bits per heavy atom. The minimum Gasteiger partial charge on any atom is -0.262 e. The Balaban J connectivity index is 1.67. The highest BCUT2D eigenvalue weighted by atomic mass is 14.9. The fourth-order valence-corrected chi connectivity index (χ4v) is 2.97. The van der Waals surface area contributed by atoms with Crippen molar-refractivity contribution in [2.75, 3.05) is 0 Å². The monoisotopic (exact) mass is 333 g/mol. The molecule has 0 amide bonds. The van der Waals surface area contributed by atoms with Crippen LogP contribution in [0.2, 0.25) is 0 Å². The lowest BCUT2D eigenvalue weighted by atomic mass is 10.2. The number of nitrogens with zero attached hydrogens (tertiary/aromatic N) is 5. The number of rotatable bonds is 0. The van der Waals surface area contributed by atoms with Crippen LogP contribution in [-0.2, 0) is 0 Å². The summed E-state index contributed by atoms with van der Waals surface area (Å²) in [5.74, 6) is 0.